The molecule has 1 aliphatic rings. The number of thiophene rings is 1. The maximum Gasteiger partial charge on any atom is 0.198 e. The molecule has 3 heteroatoms. The molecule has 0 amide bonds. The average Bonchev–Trinajstić information content (AvgIpc) is 2.84. The molecular formula is C11H14O2S. The minimum Gasteiger partial charge on any atom is -0.373 e. The van der Waals surface area contributed by atoms with Crippen LogP contribution in [-0.4, -0.2) is 19.0 Å². The molecule has 0 spiro atoms. The molecule has 1 saturated carbocycles. The second-order valence-electron chi connectivity index (χ2n) is 3.69. The van der Waals surface area contributed by atoms with Gasteiger partial charge in [-0.15, -0.1) is 11.3 Å². The van der Waals surface area contributed by atoms with E-state index in [-0.39, 0.29) is 12.4 Å². The zero-order valence-corrected chi connectivity index (χ0v) is 8.89. The van der Waals surface area contributed by atoms with E-state index in [1.807, 2.05) is 17.5 Å². The van der Waals surface area contributed by atoms with Crippen LogP contribution in [-0.2, 0) is 4.74 Å². The van der Waals surface area contributed by atoms with Crippen LogP contribution in [0.5, 0.6) is 0 Å². The van der Waals surface area contributed by atoms with Gasteiger partial charge in [-0.2, -0.15) is 0 Å². The number of carbonyl (C=O) groups excluding carboxylic acids is 1. The van der Waals surface area contributed by atoms with E-state index in [1.165, 1.54) is 24.2 Å². The topological polar surface area (TPSA) is 26.3 Å². The van der Waals surface area contributed by atoms with Crippen LogP contribution < -0.4 is 0 Å². The fourth-order valence-electron chi connectivity index (χ4n) is 1.33. The van der Waals surface area contributed by atoms with Gasteiger partial charge in [-0.3, -0.25) is 4.79 Å². The highest BCUT2D eigenvalue weighted by Gasteiger charge is 2.20. The van der Waals surface area contributed by atoms with Crippen molar-refractivity contribution < 1.29 is 9.53 Å². The van der Waals surface area contributed by atoms with Gasteiger partial charge in [-0.05, 0) is 23.8 Å². The largest absolute Gasteiger partial charge is 0.373 e. The molecule has 0 aliphatic heterocycles. The van der Waals surface area contributed by atoms with Gasteiger partial charge < -0.3 is 4.74 Å². The molecule has 1 heterocycles. The maximum absolute atomic E-state index is 11.5. The third-order valence-electron chi connectivity index (χ3n) is 2.40. The molecule has 0 atom stereocenters. The summed E-state index contributed by atoms with van der Waals surface area (Å²) in [5.74, 6) is 0.989. The van der Waals surface area contributed by atoms with Crippen LogP contribution in [0.4, 0.5) is 0 Å². The quantitative estimate of drug-likeness (QED) is 0.533. The van der Waals surface area contributed by atoms with Crippen LogP contribution in [0.15, 0.2) is 17.5 Å². The lowest BCUT2D eigenvalue weighted by atomic mass is 10.3. The van der Waals surface area contributed by atoms with Gasteiger partial charge >= 0.3 is 0 Å². The summed E-state index contributed by atoms with van der Waals surface area (Å²) in [6.07, 6.45) is 3.82. The minimum atomic E-state index is 0.107. The summed E-state index contributed by atoms with van der Waals surface area (Å²) in [5, 5.41) is 1.91. The number of ether oxygens (including phenoxy) is 1. The molecule has 0 saturated heterocycles. The second kappa shape index (κ2) is 4.71. The predicted octanol–water partition coefficient (Wildman–Crippen LogP) is 2.75. The Labute approximate surface area is 87.9 Å². The van der Waals surface area contributed by atoms with Crippen molar-refractivity contribution in [3.8, 4) is 0 Å². The highest BCUT2D eigenvalue weighted by Crippen LogP contribution is 2.32. The number of hydrogen-bond donors (Lipinski definition) is 0. The lowest BCUT2D eigenvalue weighted by Gasteiger charge is -2.00. The fraction of sp³-hybridized carbons (Fsp3) is 0.545. The first-order chi connectivity index (χ1) is 6.86. The van der Waals surface area contributed by atoms with Crippen LogP contribution in [0, 0.1) is 5.92 Å². The summed E-state index contributed by atoms with van der Waals surface area (Å²) in [7, 11) is 0. The first-order valence-electron chi connectivity index (χ1n) is 5.00. The molecule has 2 nitrogen and oxygen atoms in total. The first kappa shape index (κ1) is 9.87. The molecule has 0 radical (unpaired) electrons. The van der Waals surface area contributed by atoms with Gasteiger partial charge in [0.05, 0.1) is 4.88 Å². The number of carbonyl (C=O) groups is 1. The summed E-state index contributed by atoms with van der Waals surface area (Å²) >= 11 is 1.48. The van der Waals surface area contributed by atoms with Crippen LogP contribution in [0.1, 0.15) is 28.9 Å². The molecule has 76 valence electrons. The molecular weight excluding hydrogens is 196 g/mol. The van der Waals surface area contributed by atoms with E-state index in [1.54, 1.807) is 0 Å². The Morgan fingerprint density at radius 3 is 3.07 bits per heavy atom. The van der Waals surface area contributed by atoms with Crippen molar-refractivity contribution in [2.24, 2.45) is 5.92 Å². The molecule has 1 aliphatic carbocycles. The van der Waals surface area contributed by atoms with Gasteiger partial charge in [0, 0.05) is 6.61 Å². The van der Waals surface area contributed by atoms with Crippen molar-refractivity contribution in [3.63, 3.8) is 0 Å². The van der Waals surface area contributed by atoms with Crippen molar-refractivity contribution in [2.75, 3.05) is 13.2 Å². The third kappa shape index (κ3) is 2.93. The monoisotopic (exact) mass is 210 g/mol. The molecule has 2 rings (SSSR count). The van der Waals surface area contributed by atoms with E-state index in [9.17, 15) is 4.79 Å². The first-order valence-corrected chi connectivity index (χ1v) is 5.88. The average molecular weight is 210 g/mol. The van der Waals surface area contributed by atoms with Crippen molar-refractivity contribution in [1.82, 2.24) is 0 Å². The Bertz CT molecular complexity index is 288. The lowest BCUT2D eigenvalue weighted by Crippen LogP contribution is -2.08. The van der Waals surface area contributed by atoms with E-state index in [4.69, 9.17) is 4.74 Å². The standard InChI is InChI=1S/C11H14O2S/c12-10(11-2-1-7-14-11)8-13-6-5-9-3-4-9/h1-2,7,9H,3-6,8H2. The highest BCUT2D eigenvalue weighted by atomic mass is 32.1. The molecule has 1 aromatic rings. The van der Waals surface area contributed by atoms with E-state index in [0.29, 0.717) is 0 Å². The van der Waals surface area contributed by atoms with Crippen LogP contribution in [0.3, 0.4) is 0 Å². The molecule has 0 bridgehead atoms. The summed E-state index contributed by atoms with van der Waals surface area (Å²) < 4.78 is 5.33. The van der Waals surface area contributed by atoms with Crippen LogP contribution in [0.25, 0.3) is 0 Å². The molecule has 0 unspecified atom stereocenters. The van der Waals surface area contributed by atoms with Crippen LogP contribution in [0.2, 0.25) is 0 Å². The Morgan fingerprint density at radius 1 is 1.57 bits per heavy atom. The Kier molecular flexibility index (Phi) is 3.32. The van der Waals surface area contributed by atoms with Gasteiger partial charge in [0.15, 0.2) is 5.78 Å². The van der Waals surface area contributed by atoms with Gasteiger partial charge in [-0.25, -0.2) is 0 Å². The SMILES string of the molecule is O=C(COCCC1CC1)c1cccs1. The third-order valence-corrected chi connectivity index (χ3v) is 3.31. The maximum atomic E-state index is 11.5. The van der Waals surface area contributed by atoms with Crippen molar-refractivity contribution >= 4 is 17.1 Å². The summed E-state index contributed by atoms with van der Waals surface area (Å²) in [4.78, 5) is 12.3. The number of hydrogen-bond acceptors (Lipinski definition) is 3. The molecule has 0 N–H and O–H groups in total. The normalized spacial score (nSPS) is 15.7. The summed E-state index contributed by atoms with van der Waals surface area (Å²) in [6, 6.07) is 3.74. The smallest absolute Gasteiger partial charge is 0.198 e. The van der Waals surface area contributed by atoms with Gasteiger partial charge in [0.25, 0.3) is 0 Å². The Hall–Kier alpha value is -0.670. The van der Waals surface area contributed by atoms with E-state index < -0.39 is 0 Å². The van der Waals surface area contributed by atoms with E-state index >= 15 is 0 Å². The number of rotatable bonds is 6. The zero-order chi connectivity index (χ0) is 9.80. The highest BCUT2D eigenvalue weighted by molar-refractivity contribution is 7.12. The van der Waals surface area contributed by atoms with Crippen molar-refractivity contribution in [1.29, 1.82) is 0 Å². The van der Waals surface area contributed by atoms with Gasteiger partial charge in [0.1, 0.15) is 6.61 Å². The second-order valence-corrected chi connectivity index (χ2v) is 4.63. The molecule has 1 fully saturated rings. The lowest BCUT2D eigenvalue weighted by molar-refractivity contribution is 0.0752. The van der Waals surface area contributed by atoms with Gasteiger partial charge in [-0.1, -0.05) is 18.9 Å². The minimum absolute atomic E-state index is 0.107. The Morgan fingerprint density at radius 2 is 2.43 bits per heavy atom. The molecule has 0 aromatic carbocycles. The van der Waals surface area contributed by atoms with Gasteiger partial charge in [0.2, 0.25) is 0 Å². The Balaban J connectivity index is 1.62. The number of Topliss-reactive ketones (excluding diaryl/α,β-unsaturated/α-hetero) is 1. The fourth-order valence-corrected chi connectivity index (χ4v) is 1.98. The predicted molar refractivity (Wildman–Crippen MR) is 56.8 cm³/mol. The molecule has 14 heavy (non-hydrogen) atoms. The zero-order valence-electron chi connectivity index (χ0n) is 8.07. The molecule has 1 aromatic heterocycles. The van der Waals surface area contributed by atoms with E-state index in [2.05, 4.69) is 0 Å². The number of ketones is 1. The van der Waals surface area contributed by atoms with Crippen molar-refractivity contribution in [2.45, 2.75) is 19.3 Å². The summed E-state index contributed by atoms with van der Waals surface area (Å²) in [5.41, 5.74) is 0. The van der Waals surface area contributed by atoms with Crippen molar-refractivity contribution in [3.05, 3.63) is 22.4 Å². The van der Waals surface area contributed by atoms with Crippen LogP contribution >= 0.6 is 11.3 Å². The van der Waals surface area contributed by atoms with E-state index in [0.717, 1.165) is 23.8 Å². The summed E-state index contributed by atoms with van der Waals surface area (Å²) in [6.45, 7) is 0.981.